The van der Waals surface area contributed by atoms with E-state index in [4.69, 9.17) is 5.73 Å². The van der Waals surface area contributed by atoms with Gasteiger partial charge in [0, 0.05) is 12.1 Å². The Balaban J connectivity index is 1.95. The molecule has 0 saturated carbocycles. The maximum atomic E-state index is 5.57. The van der Waals surface area contributed by atoms with Crippen LogP contribution < -0.4 is 11.1 Å². The zero-order valence-electron chi connectivity index (χ0n) is 7.94. The molecule has 0 bridgehead atoms. The zero-order chi connectivity index (χ0) is 9.80. The van der Waals surface area contributed by atoms with Gasteiger partial charge in [-0.05, 0) is 24.3 Å². The van der Waals surface area contributed by atoms with Gasteiger partial charge in [-0.25, -0.2) is 9.97 Å². The summed E-state index contributed by atoms with van der Waals surface area (Å²) in [4.78, 5) is 7.98. The number of thioether (sulfide) groups is 1. The van der Waals surface area contributed by atoms with Crippen molar-refractivity contribution in [3.05, 3.63) is 12.4 Å². The zero-order valence-corrected chi connectivity index (χ0v) is 8.76. The van der Waals surface area contributed by atoms with Gasteiger partial charge in [0.25, 0.3) is 0 Å². The van der Waals surface area contributed by atoms with Gasteiger partial charge in [0.1, 0.15) is 18.0 Å². The molecule has 1 aliphatic rings. The summed E-state index contributed by atoms with van der Waals surface area (Å²) in [6.07, 6.45) is 3.90. The third-order valence-corrected chi connectivity index (χ3v) is 3.31. The minimum absolute atomic E-state index is 0.521. The van der Waals surface area contributed by atoms with Crippen molar-refractivity contribution in [3.63, 3.8) is 0 Å². The summed E-state index contributed by atoms with van der Waals surface area (Å²) in [5.41, 5.74) is 5.57. The standard InChI is InChI=1S/C9H14N4S/c10-8-5-9(12-6-11-8)13-7-1-3-14-4-2-7/h5-7H,1-4H2,(H3,10,11,12,13). The molecule has 0 unspecified atom stereocenters. The summed E-state index contributed by atoms with van der Waals surface area (Å²) in [7, 11) is 0. The molecule has 1 fully saturated rings. The van der Waals surface area contributed by atoms with E-state index in [1.54, 1.807) is 6.07 Å². The number of hydrogen-bond acceptors (Lipinski definition) is 5. The van der Waals surface area contributed by atoms with Gasteiger partial charge < -0.3 is 11.1 Å². The highest BCUT2D eigenvalue weighted by atomic mass is 32.2. The Bertz CT molecular complexity index is 299. The number of anilines is 2. The molecule has 1 saturated heterocycles. The van der Waals surface area contributed by atoms with Crippen LogP contribution in [0, 0.1) is 0 Å². The number of nitrogens with two attached hydrogens (primary N) is 1. The molecule has 5 heteroatoms. The summed E-state index contributed by atoms with van der Waals surface area (Å²) >= 11 is 2.01. The van der Waals surface area contributed by atoms with Crippen LogP contribution in [0.25, 0.3) is 0 Å². The molecule has 0 spiro atoms. The summed E-state index contributed by atoms with van der Waals surface area (Å²) in [6.45, 7) is 0. The second-order valence-corrected chi connectivity index (χ2v) is 4.58. The Kier molecular flexibility index (Phi) is 3.08. The first-order valence-corrected chi connectivity index (χ1v) is 5.92. The lowest BCUT2D eigenvalue weighted by Crippen LogP contribution is -2.25. The van der Waals surface area contributed by atoms with E-state index in [-0.39, 0.29) is 0 Å². The molecule has 0 radical (unpaired) electrons. The molecule has 2 rings (SSSR count). The maximum Gasteiger partial charge on any atom is 0.131 e. The molecule has 14 heavy (non-hydrogen) atoms. The van der Waals surface area contributed by atoms with E-state index in [2.05, 4.69) is 15.3 Å². The highest BCUT2D eigenvalue weighted by Gasteiger charge is 2.13. The molecule has 4 nitrogen and oxygen atoms in total. The van der Waals surface area contributed by atoms with Crippen LogP contribution in [-0.4, -0.2) is 27.5 Å². The van der Waals surface area contributed by atoms with Crippen LogP contribution in [0.1, 0.15) is 12.8 Å². The Hall–Kier alpha value is -0.970. The summed E-state index contributed by atoms with van der Waals surface area (Å²) < 4.78 is 0. The van der Waals surface area contributed by atoms with Crippen molar-refractivity contribution in [1.29, 1.82) is 0 Å². The van der Waals surface area contributed by atoms with Gasteiger partial charge in [-0.1, -0.05) is 0 Å². The molecule has 76 valence electrons. The Labute approximate surface area is 87.7 Å². The van der Waals surface area contributed by atoms with Crippen LogP contribution in [0.3, 0.4) is 0 Å². The molecule has 3 N–H and O–H groups in total. The van der Waals surface area contributed by atoms with E-state index in [1.165, 1.54) is 30.7 Å². The van der Waals surface area contributed by atoms with Crippen molar-refractivity contribution in [1.82, 2.24) is 9.97 Å². The van der Waals surface area contributed by atoms with E-state index < -0.39 is 0 Å². The molecule has 0 aromatic carbocycles. The highest BCUT2D eigenvalue weighted by molar-refractivity contribution is 7.99. The average molecular weight is 210 g/mol. The summed E-state index contributed by atoms with van der Waals surface area (Å²) in [6, 6.07) is 2.33. The molecule has 2 heterocycles. The molecule has 0 aliphatic carbocycles. The Morgan fingerprint density at radius 1 is 1.36 bits per heavy atom. The quantitative estimate of drug-likeness (QED) is 0.771. The van der Waals surface area contributed by atoms with Crippen molar-refractivity contribution in [3.8, 4) is 0 Å². The molecule has 1 aliphatic heterocycles. The van der Waals surface area contributed by atoms with E-state index >= 15 is 0 Å². The van der Waals surface area contributed by atoms with E-state index in [1.807, 2.05) is 11.8 Å². The molecular formula is C9H14N4S. The van der Waals surface area contributed by atoms with Crippen LogP contribution >= 0.6 is 11.8 Å². The number of rotatable bonds is 2. The van der Waals surface area contributed by atoms with Gasteiger partial charge in [0.2, 0.25) is 0 Å². The molecule has 0 amide bonds. The highest BCUT2D eigenvalue weighted by Crippen LogP contribution is 2.20. The number of nitrogens with one attached hydrogen (secondary N) is 1. The Morgan fingerprint density at radius 3 is 2.86 bits per heavy atom. The first-order chi connectivity index (χ1) is 6.84. The van der Waals surface area contributed by atoms with Crippen LogP contribution in [0.4, 0.5) is 11.6 Å². The molecule has 1 aromatic rings. The van der Waals surface area contributed by atoms with Gasteiger partial charge in [-0.2, -0.15) is 11.8 Å². The van der Waals surface area contributed by atoms with Gasteiger partial charge in [-0.15, -0.1) is 0 Å². The van der Waals surface area contributed by atoms with Gasteiger partial charge >= 0.3 is 0 Å². The third-order valence-electron chi connectivity index (χ3n) is 2.26. The lowest BCUT2D eigenvalue weighted by molar-refractivity contribution is 0.663. The van der Waals surface area contributed by atoms with Crippen molar-refractivity contribution < 1.29 is 0 Å². The van der Waals surface area contributed by atoms with Gasteiger partial charge in [-0.3, -0.25) is 0 Å². The van der Waals surface area contributed by atoms with E-state index in [9.17, 15) is 0 Å². The first-order valence-electron chi connectivity index (χ1n) is 4.76. The summed E-state index contributed by atoms with van der Waals surface area (Å²) in [5.74, 6) is 3.83. The smallest absolute Gasteiger partial charge is 0.131 e. The maximum absolute atomic E-state index is 5.57. The Morgan fingerprint density at radius 2 is 2.14 bits per heavy atom. The minimum atomic E-state index is 0.521. The largest absolute Gasteiger partial charge is 0.384 e. The fourth-order valence-corrected chi connectivity index (χ4v) is 2.61. The van der Waals surface area contributed by atoms with Crippen molar-refractivity contribution >= 4 is 23.4 Å². The van der Waals surface area contributed by atoms with Crippen LogP contribution in [0.2, 0.25) is 0 Å². The number of hydrogen-bond donors (Lipinski definition) is 2. The fraction of sp³-hybridized carbons (Fsp3) is 0.556. The third kappa shape index (κ3) is 2.51. The van der Waals surface area contributed by atoms with Gasteiger partial charge in [0.05, 0.1) is 0 Å². The SMILES string of the molecule is Nc1cc(NC2CCSCC2)ncn1. The van der Waals surface area contributed by atoms with Crippen molar-refractivity contribution in [2.45, 2.75) is 18.9 Å². The lowest BCUT2D eigenvalue weighted by Gasteiger charge is -2.22. The number of nitrogen functional groups attached to an aromatic ring is 1. The first kappa shape index (κ1) is 9.58. The molecular weight excluding hydrogens is 196 g/mol. The average Bonchev–Trinajstić information content (AvgIpc) is 2.19. The molecule has 0 atom stereocenters. The van der Waals surface area contributed by atoms with E-state index in [0.29, 0.717) is 11.9 Å². The predicted molar refractivity (Wildman–Crippen MR) is 60.4 cm³/mol. The minimum Gasteiger partial charge on any atom is -0.384 e. The van der Waals surface area contributed by atoms with Crippen LogP contribution in [0.15, 0.2) is 12.4 Å². The topological polar surface area (TPSA) is 63.8 Å². The van der Waals surface area contributed by atoms with Crippen LogP contribution in [0.5, 0.6) is 0 Å². The fourth-order valence-electron chi connectivity index (χ4n) is 1.50. The predicted octanol–water partition coefficient (Wildman–Crippen LogP) is 1.37. The van der Waals surface area contributed by atoms with Gasteiger partial charge in [0.15, 0.2) is 0 Å². The van der Waals surface area contributed by atoms with Crippen LogP contribution in [-0.2, 0) is 0 Å². The normalized spacial score (nSPS) is 18.0. The second kappa shape index (κ2) is 4.50. The summed E-state index contributed by atoms with van der Waals surface area (Å²) in [5, 5.41) is 3.38. The monoisotopic (exact) mass is 210 g/mol. The van der Waals surface area contributed by atoms with Crippen molar-refractivity contribution in [2.75, 3.05) is 22.6 Å². The van der Waals surface area contributed by atoms with Crippen molar-refractivity contribution in [2.24, 2.45) is 0 Å². The van der Waals surface area contributed by atoms with E-state index in [0.717, 1.165) is 5.82 Å². The second-order valence-electron chi connectivity index (χ2n) is 3.36. The lowest BCUT2D eigenvalue weighted by atomic mass is 10.1. The number of aromatic nitrogens is 2. The number of nitrogens with zero attached hydrogens (tertiary/aromatic N) is 2. The molecule has 1 aromatic heterocycles.